The van der Waals surface area contributed by atoms with Crippen molar-refractivity contribution in [3.8, 4) is 0 Å². The molecule has 1 aromatic heterocycles. The topological polar surface area (TPSA) is 125 Å². The van der Waals surface area contributed by atoms with Crippen LogP contribution in [0.15, 0.2) is 0 Å². The molecule has 0 aliphatic heterocycles. The van der Waals surface area contributed by atoms with E-state index in [9.17, 15) is 0 Å². The Balaban J connectivity index is 3.52. The molecule has 50 heavy (non-hydrogen) atoms. The van der Waals surface area contributed by atoms with Crippen LogP contribution in [0.3, 0.4) is 0 Å². The van der Waals surface area contributed by atoms with Crippen LogP contribution in [0.2, 0.25) is 6.04 Å². The summed E-state index contributed by atoms with van der Waals surface area (Å²) in [6, 6.07) is 0.730. The van der Waals surface area contributed by atoms with Gasteiger partial charge in [-0.2, -0.15) is 15.0 Å². The smallest absolute Gasteiger partial charge is 0.374 e. The standard InChI is InChI=1S/C34H71N7O8Si/c1-10-20-42-27-39(26-38(9)19-18-25-50(47-15-6,48-16-7)49-17-8)32-35-33(40(28-43-21-11-2)29-44-22-12-3)37-34(36-32)41(30-45-23-13-4)31-46-24-14-5/h10-31H2,1-9H3. The number of nitrogens with zero attached hydrogens (tertiary/aromatic N) is 7. The number of hydrogen-bond acceptors (Lipinski definition) is 15. The Morgan fingerprint density at radius 3 is 1.12 bits per heavy atom. The second-order valence-corrected chi connectivity index (χ2v) is 14.6. The minimum absolute atomic E-state index is 0.274. The summed E-state index contributed by atoms with van der Waals surface area (Å²) in [5, 5.41) is 0. The van der Waals surface area contributed by atoms with E-state index in [1.807, 2.05) is 35.5 Å². The molecule has 0 bridgehead atoms. The van der Waals surface area contributed by atoms with Crippen LogP contribution in [0.1, 0.15) is 93.9 Å². The Labute approximate surface area is 304 Å². The van der Waals surface area contributed by atoms with E-state index in [4.69, 9.17) is 51.9 Å². The highest BCUT2D eigenvalue weighted by atomic mass is 28.4. The molecule has 0 aliphatic rings. The maximum atomic E-state index is 6.09. The van der Waals surface area contributed by atoms with Crippen LogP contribution in [0.4, 0.5) is 17.8 Å². The van der Waals surface area contributed by atoms with Crippen LogP contribution in [-0.4, -0.2) is 135 Å². The van der Waals surface area contributed by atoms with Gasteiger partial charge >= 0.3 is 8.80 Å². The van der Waals surface area contributed by atoms with Crippen LogP contribution >= 0.6 is 0 Å². The zero-order valence-corrected chi connectivity index (χ0v) is 34.0. The highest BCUT2D eigenvalue weighted by molar-refractivity contribution is 6.60. The first-order valence-corrected chi connectivity index (χ1v) is 20.8. The van der Waals surface area contributed by atoms with Gasteiger partial charge in [0.05, 0.1) is 6.67 Å². The second-order valence-electron chi connectivity index (χ2n) is 11.8. The van der Waals surface area contributed by atoms with E-state index in [0.717, 1.165) is 51.1 Å². The monoisotopic (exact) mass is 734 g/mol. The molecule has 1 aromatic rings. The van der Waals surface area contributed by atoms with E-state index in [2.05, 4.69) is 46.6 Å². The third-order valence-corrected chi connectivity index (χ3v) is 10.1. The molecular weight excluding hydrogens is 663 g/mol. The highest BCUT2D eigenvalue weighted by Crippen LogP contribution is 2.22. The molecule has 16 heteroatoms. The van der Waals surface area contributed by atoms with Crippen molar-refractivity contribution in [3.63, 3.8) is 0 Å². The fraction of sp³-hybridized carbons (Fsp3) is 0.912. The number of ether oxygens (including phenoxy) is 5. The zero-order valence-electron chi connectivity index (χ0n) is 33.0. The van der Waals surface area contributed by atoms with E-state index >= 15 is 0 Å². The number of anilines is 3. The van der Waals surface area contributed by atoms with Gasteiger partial charge in [0.2, 0.25) is 17.8 Å². The lowest BCUT2D eigenvalue weighted by Gasteiger charge is -2.32. The van der Waals surface area contributed by atoms with Crippen molar-refractivity contribution < 1.29 is 37.0 Å². The molecular formula is C34H71N7O8Si. The zero-order chi connectivity index (χ0) is 36.9. The average Bonchev–Trinajstić information content (AvgIpc) is 3.10. The Bertz CT molecular complexity index is 866. The first kappa shape index (κ1) is 46.3. The van der Waals surface area contributed by atoms with Gasteiger partial charge in [0.25, 0.3) is 0 Å². The van der Waals surface area contributed by atoms with Gasteiger partial charge < -0.3 is 41.9 Å². The van der Waals surface area contributed by atoms with Crippen molar-refractivity contribution in [3.05, 3.63) is 0 Å². The predicted molar refractivity (Wildman–Crippen MR) is 200 cm³/mol. The maximum absolute atomic E-state index is 6.09. The van der Waals surface area contributed by atoms with Gasteiger partial charge in [0, 0.05) is 58.9 Å². The molecule has 0 amide bonds. The number of hydrogen-bond donors (Lipinski definition) is 0. The lowest BCUT2D eigenvalue weighted by molar-refractivity contribution is 0.0699. The maximum Gasteiger partial charge on any atom is 0.500 e. The van der Waals surface area contributed by atoms with Gasteiger partial charge in [0.15, 0.2) is 0 Å². The van der Waals surface area contributed by atoms with Crippen LogP contribution in [0.25, 0.3) is 0 Å². The van der Waals surface area contributed by atoms with Crippen LogP contribution < -0.4 is 14.7 Å². The fourth-order valence-electron chi connectivity index (χ4n) is 4.76. The van der Waals surface area contributed by atoms with Crippen LogP contribution in [0, 0.1) is 0 Å². The van der Waals surface area contributed by atoms with Gasteiger partial charge in [0.1, 0.15) is 33.7 Å². The van der Waals surface area contributed by atoms with Gasteiger partial charge in [-0.05, 0) is 72.9 Å². The minimum Gasteiger partial charge on any atom is -0.374 e. The van der Waals surface area contributed by atoms with Crippen molar-refractivity contribution in [2.75, 3.05) is 121 Å². The largest absolute Gasteiger partial charge is 0.500 e. The number of aromatic nitrogens is 3. The van der Waals surface area contributed by atoms with Gasteiger partial charge in [-0.3, -0.25) is 14.7 Å². The SMILES string of the molecule is CCCOCN(COCCC)c1nc(N(COCCC)COCCC)nc(N(COCCC)CN(C)CCC[Si](OCC)(OCC)OCC)n1. The average molecular weight is 734 g/mol. The van der Waals surface area contributed by atoms with E-state index < -0.39 is 8.80 Å². The van der Waals surface area contributed by atoms with Crippen molar-refractivity contribution in [1.29, 1.82) is 0 Å². The van der Waals surface area contributed by atoms with E-state index in [0.29, 0.717) is 84.1 Å². The van der Waals surface area contributed by atoms with Crippen LogP contribution in [0.5, 0.6) is 0 Å². The Hall–Kier alpha value is -1.73. The third kappa shape index (κ3) is 19.2. The third-order valence-electron chi connectivity index (χ3n) is 6.95. The molecule has 0 aliphatic carbocycles. The molecule has 1 rings (SSSR count). The van der Waals surface area contributed by atoms with Gasteiger partial charge in [-0.1, -0.05) is 34.6 Å². The molecule has 0 unspecified atom stereocenters. The molecule has 0 aromatic carbocycles. The van der Waals surface area contributed by atoms with Crippen molar-refractivity contribution in [1.82, 2.24) is 19.9 Å². The van der Waals surface area contributed by atoms with Crippen molar-refractivity contribution in [2.45, 2.75) is 100.0 Å². The van der Waals surface area contributed by atoms with Gasteiger partial charge in [-0.15, -0.1) is 0 Å². The second kappa shape index (κ2) is 29.8. The molecule has 1 heterocycles. The molecule has 15 nitrogen and oxygen atoms in total. The molecule has 0 spiro atoms. The Morgan fingerprint density at radius 1 is 0.480 bits per heavy atom. The fourth-order valence-corrected chi connectivity index (χ4v) is 7.35. The summed E-state index contributed by atoms with van der Waals surface area (Å²) in [5.74, 6) is 1.36. The first-order chi connectivity index (χ1) is 24.4. The normalized spacial score (nSPS) is 11.9. The summed E-state index contributed by atoms with van der Waals surface area (Å²) < 4.78 is 48.2. The van der Waals surface area contributed by atoms with E-state index in [1.54, 1.807) is 0 Å². The number of rotatable bonds is 35. The summed E-state index contributed by atoms with van der Waals surface area (Å²) in [6.45, 7) is 23.8. The molecule has 294 valence electrons. The molecule has 0 N–H and O–H groups in total. The first-order valence-electron chi connectivity index (χ1n) is 18.9. The summed E-state index contributed by atoms with van der Waals surface area (Å²) in [6.07, 6.45) is 5.32. The lowest BCUT2D eigenvalue weighted by atomic mass is 10.4. The predicted octanol–water partition coefficient (Wildman–Crippen LogP) is 5.54. The summed E-state index contributed by atoms with van der Waals surface area (Å²) in [5.41, 5.74) is 0. The lowest BCUT2D eigenvalue weighted by Crippen LogP contribution is -2.46. The minimum atomic E-state index is -2.74. The molecule has 0 saturated carbocycles. The van der Waals surface area contributed by atoms with Gasteiger partial charge in [-0.25, -0.2) is 0 Å². The molecule has 0 fully saturated rings. The summed E-state index contributed by atoms with van der Waals surface area (Å²) in [4.78, 5) is 23.0. The summed E-state index contributed by atoms with van der Waals surface area (Å²) in [7, 11) is -0.667. The Morgan fingerprint density at radius 2 is 0.800 bits per heavy atom. The quantitative estimate of drug-likeness (QED) is 0.0492. The van der Waals surface area contributed by atoms with E-state index in [-0.39, 0.29) is 26.9 Å². The van der Waals surface area contributed by atoms with Crippen molar-refractivity contribution in [2.24, 2.45) is 0 Å². The molecule has 0 saturated heterocycles. The molecule has 0 atom stereocenters. The molecule has 0 radical (unpaired) electrons. The van der Waals surface area contributed by atoms with Crippen molar-refractivity contribution >= 4 is 26.6 Å². The van der Waals surface area contributed by atoms with E-state index in [1.165, 1.54) is 0 Å². The highest BCUT2D eigenvalue weighted by Gasteiger charge is 2.39. The summed E-state index contributed by atoms with van der Waals surface area (Å²) >= 11 is 0. The van der Waals surface area contributed by atoms with Crippen LogP contribution in [-0.2, 0) is 37.0 Å². The Kier molecular flexibility index (Phi) is 27.6.